The van der Waals surface area contributed by atoms with Crippen LogP contribution in [0.1, 0.15) is 16.7 Å². The first-order valence-electron chi connectivity index (χ1n) is 7.73. The Balaban J connectivity index is 1.57. The van der Waals surface area contributed by atoms with Crippen LogP contribution in [-0.4, -0.2) is 24.8 Å². The van der Waals surface area contributed by atoms with Crippen molar-refractivity contribution in [2.75, 3.05) is 18.9 Å². The second-order valence-corrected chi connectivity index (χ2v) is 6.48. The summed E-state index contributed by atoms with van der Waals surface area (Å²) in [6.07, 6.45) is 0. The fraction of sp³-hybridized carbons (Fsp3) is 0.316. The van der Waals surface area contributed by atoms with E-state index in [1.165, 1.54) is 16.7 Å². The van der Waals surface area contributed by atoms with Crippen molar-refractivity contribution >= 4 is 17.7 Å². The topological polar surface area (TPSA) is 38.3 Å². The van der Waals surface area contributed by atoms with Crippen molar-refractivity contribution in [3.8, 4) is 5.75 Å². The number of benzene rings is 2. The Morgan fingerprint density at radius 1 is 1.09 bits per heavy atom. The van der Waals surface area contributed by atoms with Crippen LogP contribution in [0.3, 0.4) is 0 Å². The van der Waals surface area contributed by atoms with E-state index in [4.69, 9.17) is 4.74 Å². The fourth-order valence-electron chi connectivity index (χ4n) is 2.06. The molecule has 23 heavy (non-hydrogen) atoms. The normalized spacial score (nSPS) is 10.3. The smallest absolute Gasteiger partial charge is 0.230 e. The van der Waals surface area contributed by atoms with Crippen molar-refractivity contribution in [2.24, 2.45) is 0 Å². The first-order chi connectivity index (χ1) is 11.1. The molecule has 1 N–H and O–H groups in total. The summed E-state index contributed by atoms with van der Waals surface area (Å²) in [6, 6.07) is 16.3. The lowest BCUT2D eigenvalue weighted by molar-refractivity contribution is -0.118. The summed E-state index contributed by atoms with van der Waals surface area (Å²) in [5, 5.41) is 2.88. The van der Waals surface area contributed by atoms with Gasteiger partial charge in [-0.3, -0.25) is 4.79 Å². The summed E-state index contributed by atoms with van der Waals surface area (Å²) in [5.74, 6) is 2.22. The van der Waals surface area contributed by atoms with Gasteiger partial charge in [-0.15, -0.1) is 11.8 Å². The third-order valence-corrected chi connectivity index (χ3v) is 4.31. The average molecular weight is 329 g/mol. The van der Waals surface area contributed by atoms with Crippen LogP contribution in [0, 0.1) is 13.8 Å². The number of aryl methyl sites for hydroxylation is 2. The summed E-state index contributed by atoms with van der Waals surface area (Å²) >= 11 is 1.62. The Morgan fingerprint density at radius 3 is 2.61 bits per heavy atom. The third kappa shape index (κ3) is 6.78. The van der Waals surface area contributed by atoms with E-state index in [-0.39, 0.29) is 5.91 Å². The van der Waals surface area contributed by atoms with E-state index < -0.39 is 0 Å². The highest BCUT2D eigenvalue weighted by Gasteiger charge is 2.02. The van der Waals surface area contributed by atoms with Crippen LogP contribution in [0.2, 0.25) is 0 Å². The van der Waals surface area contributed by atoms with Crippen molar-refractivity contribution in [2.45, 2.75) is 19.6 Å². The van der Waals surface area contributed by atoms with Crippen molar-refractivity contribution in [3.63, 3.8) is 0 Å². The van der Waals surface area contributed by atoms with Crippen molar-refractivity contribution < 1.29 is 9.53 Å². The van der Waals surface area contributed by atoms with Gasteiger partial charge in [0.05, 0.1) is 12.3 Å². The van der Waals surface area contributed by atoms with Gasteiger partial charge in [-0.05, 0) is 37.1 Å². The third-order valence-electron chi connectivity index (χ3n) is 3.30. The molecular weight excluding hydrogens is 306 g/mol. The maximum Gasteiger partial charge on any atom is 0.230 e. The lowest BCUT2D eigenvalue weighted by atomic mass is 10.2. The quantitative estimate of drug-likeness (QED) is 0.750. The summed E-state index contributed by atoms with van der Waals surface area (Å²) < 4.78 is 5.60. The van der Waals surface area contributed by atoms with Crippen LogP contribution in [0.5, 0.6) is 5.75 Å². The molecule has 2 rings (SSSR count). The second-order valence-electron chi connectivity index (χ2n) is 5.49. The first kappa shape index (κ1) is 17.4. The molecule has 0 heterocycles. The molecule has 3 nitrogen and oxygen atoms in total. The van der Waals surface area contributed by atoms with E-state index in [9.17, 15) is 4.79 Å². The molecule has 0 saturated heterocycles. The number of hydrogen-bond donors (Lipinski definition) is 1. The van der Waals surface area contributed by atoms with E-state index >= 15 is 0 Å². The zero-order valence-electron chi connectivity index (χ0n) is 13.7. The van der Waals surface area contributed by atoms with Crippen molar-refractivity contribution in [1.29, 1.82) is 0 Å². The first-order valence-corrected chi connectivity index (χ1v) is 8.88. The molecule has 0 saturated carbocycles. The Kier molecular flexibility index (Phi) is 7.01. The molecular formula is C19H23NO2S. The van der Waals surface area contributed by atoms with Crippen molar-refractivity contribution in [3.05, 3.63) is 65.2 Å². The predicted octanol–water partition coefficient (Wildman–Crippen LogP) is 3.73. The molecule has 0 spiro atoms. The number of ether oxygens (including phenoxy) is 1. The Bertz CT molecular complexity index is 626. The summed E-state index contributed by atoms with van der Waals surface area (Å²) in [5.41, 5.74) is 3.67. The highest BCUT2D eigenvalue weighted by molar-refractivity contribution is 7.99. The lowest BCUT2D eigenvalue weighted by Gasteiger charge is -2.08. The van der Waals surface area contributed by atoms with Crippen molar-refractivity contribution in [1.82, 2.24) is 5.32 Å². The minimum atomic E-state index is 0.0509. The molecule has 0 aliphatic rings. The van der Waals surface area contributed by atoms with E-state index in [1.807, 2.05) is 31.2 Å². The number of hydrogen-bond acceptors (Lipinski definition) is 3. The van der Waals surface area contributed by atoms with Gasteiger partial charge in [-0.1, -0.05) is 42.0 Å². The fourth-order valence-corrected chi connectivity index (χ4v) is 2.88. The molecule has 0 bridgehead atoms. The van der Waals surface area contributed by atoms with Gasteiger partial charge in [0.15, 0.2) is 0 Å². The number of thioether (sulfide) groups is 1. The van der Waals surface area contributed by atoms with Gasteiger partial charge in [0, 0.05) is 5.75 Å². The number of amides is 1. The summed E-state index contributed by atoms with van der Waals surface area (Å²) in [6.45, 7) is 5.11. The average Bonchev–Trinajstić information content (AvgIpc) is 2.54. The van der Waals surface area contributed by atoms with Crippen LogP contribution < -0.4 is 10.1 Å². The van der Waals surface area contributed by atoms with E-state index in [2.05, 4.69) is 36.5 Å². The number of rotatable bonds is 8. The van der Waals surface area contributed by atoms with Gasteiger partial charge in [0.1, 0.15) is 12.4 Å². The lowest BCUT2D eigenvalue weighted by Crippen LogP contribution is -2.29. The number of carbonyl (C=O) groups is 1. The molecule has 2 aromatic rings. The minimum absolute atomic E-state index is 0.0509. The number of nitrogens with one attached hydrogen (secondary N) is 1. The summed E-state index contributed by atoms with van der Waals surface area (Å²) in [7, 11) is 0. The molecule has 0 unspecified atom stereocenters. The van der Waals surface area contributed by atoms with Gasteiger partial charge >= 0.3 is 0 Å². The van der Waals surface area contributed by atoms with E-state index in [0.717, 1.165) is 11.5 Å². The van der Waals surface area contributed by atoms with E-state index in [1.54, 1.807) is 11.8 Å². The molecule has 122 valence electrons. The Morgan fingerprint density at radius 2 is 1.87 bits per heavy atom. The summed E-state index contributed by atoms with van der Waals surface area (Å²) in [4.78, 5) is 11.8. The molecule has 0 aromatic heterocycles. The molecule has 0 atom stereocenters. The van der Waals surface area contributed by atoms with Crippen LogP contribution >= 0.6 is 11.8 Å². The SMILES string of the molecule is Cc1ccc(CSCC(=O)NCCOc2cccc(C)c2)cc1. The van der Waals surface area contributed by atoms with Gasteiger partial charge in [-0.2, -0.15) is 0 Å². The van der Waals surface area contributed by atoms with Crippen LogP contribution in [0.25, 0.3) is 0 Å². The highest BCUT2D eigenvalue weighted by Crippen LogP contribution is 2.13. The van der Waals surface area contributed by atoms with Crippen LogP contribution in [0.15, 0.2) is 48.5 Å². The van der Waals surface area contributed by atoms with Gasteiger partial charge < -0.3 is 10.1 Å². The molecule has 0 aliphatic carbocycles. The van der Waals surface area contributed by atoms with Gasteiger partial charge in [0.25, 0.3) is 0 Å². The van der Waals surface area contributed by atoms with Crippen LogP contribution in [0.4, 0.5) is 0 Å². The van der Waals surface area contributed by atoms with Crippen LogP contribution in [-0.2, 0) is 10.5 Å². The largest absolute Gasteiger partial charge is 0.492 e. The maximum atomic E-state index is 11.8. The molecule has 4 heteroatoms. The standard InChI is InChI=1S/C19H23NO2S/c1-15-6-8-17(9-7-15)13-23-14-19(21)20-10-11-22-18-5-3-4-16(2)12-18/h3-9,12H,10-11,13-14H2,1-2H3,(H,20,21). The van der Waals surface area contributed by atoms with E-state index in [0.29, 0.717) is 18.9 Å². The Hall–Kier alpha value is -1.94. The van der Waals surface area contributed by atoms with Gasteiger partial charge in [0.2, 0.25) is 5.91 Å². The molecule has 0 fully saturated rings. The molecule has 2 aromatic carbocycles. The second kappa shape index (κ2) is 9.26. The zero-order chi connectivity index (χ0) is 16.5. The monoisotopic (exact) mass is 329 g/mol. The molecule has 0 radical (unpaired) electrons. The highest BCUT2D eigenvalue weighted by atomic mass is 32.2. The Labute approximate surface area is 142 Å². The molecule has 0 aliphatic heterocycles. The minimum Gasteiger partial charge on any atom is -0.492 e. The zero-order valence-corrected chi connectivity index (χ0v) is 14.5. The maximum absolute atomic E-state index is 11.8. The predicted molar refractivity (Wildman–Crippen MR) is 97.0 cm³/mol. The van der Waals surface area contributed by atoms with Gasteiger partial charge in [-0.25, -0.2) is 0 Å². The molecule has 1 amide bonds. The number of carbonyl (C=O) groups excluding carboxylic acids is 1.